The average Bonchev–Trinajstić information content (AvgIpc) is 3.25. The molecule has 2 aliphatic rings. The van der Waals surface area contributed by atoms with Crippen LogP contribution in [0.15, 0.2) is 54.6 Å². The standard InChI is InChI=1S/C29H27F4N5O2/c1-36-9-11-38(12-10-36)16-25(39)37(2)20-6-4-19(5-7-20)34-28(17-13-22(31)27(33)23(32)14-17)26-21-8-3-18(30)15-24(21)35-29(26)40/h3-8,13-15,34H,9-12,16H2,1-2H3,(H,35,40)/b28-26-. The molecule has 7 nitrogen and oxygen atoms in total. The van der Waals surface area contributed by atoms with Crippen molar-refractivity contribution in [1.82, 2.24) is 9.80 Å². The molecule has 0 unspecified atom stereocenters. The van der Waals surface area contributed by atoms with Gasteiger partial charge in [-0.2, -0.15) is 0 Å². The number of rotatable bonds is 6. The summed E-state index contributed by atoms with van der Waals surface area (Å²) in [5.41, 5.74) is 1.43. The van der Waals surface area contributed by atoms with Gasteiger partial charge in [0.1, 0.15) is 5.82 Å². The summed E-state index contributed by atoms with van der Waals surface area (Å²) in [6.07, 6.45) is 0. The topological polar surface area (TPSA) is 67.9 Å². The monoisotopic (exact) mass is 553 g/mol. The lowest BCUT2D eigenvalue weighted by molar-refractivity contribution is -0.119. The van der Waals surface area contributed by atoms with E-state index in [4.69, 9.17) is 0 Å². The van der Waals surface area contributed by atoms with E-state index in [2.05, 4.69) is 20.4 Å². The Balaban J connectivity index is 1.44. The van der Waals surface area contributed by atoms with Crippen molar-refractivity contribution < 1.29 is 27.2 Å². The highest BCUT2D eigenvalue weighted by molar-refractivity contribution is 6.37. The molecule has 11 heteroatoms. The van der Waals surface area contributed by atoms with Crippen LogP contribution in [0.2, 0.25) is 0 Å². The molecule has 5 rings (SSSR count). The van der Waals surface area contributed by atoms with E-state index < -0.39 is 29.2 Å². The Hall–Kier alpha value is -4.22. The molecule has 0 bridgehead atoms. The van der Waals surface area contributed by atoms with E-state index in [1.165, 1.54) is 6.07 Å². The Morgan fingerprint density at radius 2 is 1.60 bits per heavy atom. The molecule has 2 N–H and O–H groups in total. The molecule has 0 radical (unpaired) electrons. The maximum atomic E-state index is 14.2. The van der Waals surface area contributed by atoms with Crippen LogP contribution in [0.4, 0.5) is 34.6 Å². The van der Waals surface area contributed by atoms with Gasteiger partial charge < -0.3 is 20.4 Å². The SMILES string of the molecule is CN1CCN(CC(=O)N(C)c2ccc(N/C(=C3\C(=O)Nc4cc(F)ccc43)c3cc(F)c(F)c(F)c3)cc2)CC1. The fourth-order valence-corrected chi connectivity index (χ4v) is 4.73. The Kier molecular flexibility index (Phi) is 7.59. The minimum absolute atomic E-state index is 0.00366. The van der Waals surface area contributed by atoms with Gasteiger partial charge in [0.25, 0.3) is 5.91 Å². The average molecular weight is 554 g/mol. The molecule has 0 saturated carbocycles. The number of likely N-dealkylation sites (N-methyl/N-ethyl adjacent to an activating group) is 2. The highest BCUT2D eigenvalue weighted by Gasteiger charge is 2.30. The number of amides is 2. The van der Waals surface area contributed by atoms with E-state index in [0.29, 0.717) is 16.9 Å². The minimum Gasteiger partial charge on any atom is -0.354 e. The lowest BCUT2D eigenvalue weighted by Gasteiger charge is -2.32. The van der Waals surface area contributed by atoms with Gasteiger partial charge in [-0.1, -0.05) is 0 Å². The van der Waals surface area contributed by atoms with Crippen molar-refractivity contribution in [3.05, 3.63) is 89.0 Å². The first-order valence-electron chi connectivity index (χ1n) is 12.7. The summed E-state index contributed by atoms with van der Waals surface area (Å²) in [6, 6.07) is 11.9. The third kappa shape index (κ3) is 5.56. The van der Waals surface area contributed by atoms with Gasteiger partial charge in [0, 0.05) is 55.7 Å². The number of halogens is 4. The molecule has 0 aliphatic carbocycles. The summed E-state index contributed by atoms with van der Waals surface area (Å²) in [7, 11) is 3.72. The Bertz CT molecular complexity index is 1480. The maximum absolute atomic E-state index is 14.2. The summed E-state index contributed by atoms with van der Waals surface area (Å²) in [5, 5.41) is 5.56. The van der Waals surface area contributed by atoms with E-state index in [1.807, 2.05) is 7.05 Å². The fraction of sp³-hybridized carbons (Fsp3) is 0.241. The van der Waals surface area contributed by atoms with Gasteiger partial charge in [0.2, 0.25) is 5.91 Å². The van der Waals surface area contributed by atoms with Gasteiger partial charge in [-0.3, -0.25) is 14.5 Å². The second-order valence-electron chi connectivity index (χ2n) is 9.85. The first kappa shape index (κ1) is 27.4. The van der Waals surface area contributed by atoms with E-state index in [1.54, 1.807) is 36.2 Å². The molecule has 2 aliphatic heterocycles. The zero-order valence-electron chi connectivity index (χ0n) is 21.9. The molecule has 1 saturated heterocycles. The summed E-state index contributed by atoms with van der Waals surface area (Å²) < 4.78 is 56.0. The van der Waals surface area contributed by atoms with Crippen molar-refractivity contribution in [3.63, 3.8) is 0 Å². The summed E-state index contributed by atoms with van der Waals surface area (Å²) in [6.45, 7) is 3.70. The van der Waals surface area contributed by atoms with Gasteiger partial charge >= 0.3 is 0 Å². The van der Waals surface area contributed by atoms with Crippen LogP contribution in [0.25, 0.3) is 11.3 Å². The van der Waals surface area contributed by atoms with Crippen molar-refractivity contribution in [1.29, 1.82) is 0 Å². The molecule has 40 heavy (non-hydrogen) atoms. The summed E-state index contributed by atoms with van der Waals surface area (Å²) >= 11 is 0. The van der Waals surface area contributed by atoms with E-state index in [9.17, 15) is 27.2 Å². The van der Waals surface area contributed by atoms with Gasteiger partial charge in [-0.25, -0.2) is 17.6 Å². The molecule has 0 atom stereocenters. The van der Waals surface area contributed by atoms with Gasteiger partial charge in [0.05, 0.1) is 23.5 Å². The lowest BCUT2D eigenvalue weighted by atomic mass is 9.99. The van der Waals surface area contributed by atoms with Gasteiger partial charge in [-0.05, 0) is 61.6 Å². The minimum atomic E-state index is -1.64. The molecule has 2 heterocycles. The number of nitrogens with zero attached hydrogens (tertiary/aromatic N) is 3. The number of carbonyl (C=O) groups is 2. The van der Waals surface area contributed by atoms with E-state index in [0.717, 1.165) is 50.4 Å². The van der Waals surface area contributed by atoms with Crippen LogP contribution in [-0.4, -0.2) is 68.4 Å². The maximum Gasteiger partial charge on any atom is 0.258 e. The number of carbonyl (C=O) groups excluding carboxylic acids is 2. The van der Waals surface area contributed by atoms with Crippen molar-refractivity contribution in [2.45, 2.75) is 0 Å². The molecular weight excluding hydrogens is 526 g/mol. The smallest absolute Gasteiger partial charge is 0.258 e. The van der Waals surface area contributed by atoms with Crippen LogP contribution in [0.1, 0.15) is 11.1 Å². The number of piperazine rings is 1. The summed E-state index contributed by atoms with van der Waals surface area (Å²) in [4.78, 5) is 31.7. The molecule has 3 aromatic carbocycles. The third-order valence-corrected chi connectivity index (χ3v) is 7.10. The number of fused-ring (bicyclic) bond motifs is 1. The fourth-order valence-electron chi connectivity index (χ4n) is 4.73. The van der Waals surface area contributed by atoms with Crippen molar-refractivity contribution in [2.75, 3.05) is 62.4 Å². The lowest BCUT2D eigenvalue weighted by Crippen LogP contribution is -2.48. The van der Waals surface area contributed by atoms with Gasteiger partial charge in [-0.15, -0.1) is 0 Å². The zero-order valence-corrected chi connectivity index (χ0v) is 21.9. The first-order chi connectivity index (χ1) is 19.1. The molecule has 1 fully saturated rings. The van der Waals surface area contributed by atoms with Crippen LogP contribution in [0, 0.1) is 23.3 Å². The molecule has 208 valence electrons. The van der Waals surface area contributed by atoms with Crippen LogP contribution < -0.4 is 15.5 Å². The van der Waals surface area contributed by atoms with Crippen LogP contribution in [-0.2, 0) is 9.59 Å². The highest BCUT2D eigenvalue weighted by Crippen LogP contribution is 2.38. The third-order valence-electron chi connectivity index (χ3n) is 7.10. The van der Waals surface area contributed by atoms with Crippen LogP contribution in [0.3, 0.4) is 0 Å². The quantitative estimate of drug-likeness (QED) is 0.270. The predicted molar refractivity (Wildman–Crippen MR) is 146 cm³/mol. The van der Waals surface area contributed by atoms with Crippen molar-refractivity contribution in [3.8, 4) is 0 Å². The number of hydrogen-bond acceptors (Lipinski definition) is 5. The zero-order chi connectivity index (χ0) is 28.6. The molecule has 3 aromatic rings. The largest absolute Gasteiger partial charge is 0.354 e. The Labute approximate surface area is 228 Å². The predicted octanol–water partition coefficient (Wildman–Crippen LogP) is 4.39. The number of nitrogens with one attached hydrogen (secondary N) is 2. The van der Waals surface area contributed by atoms with E-state index in [-0.39, 0.29) is 35.0 Å². The molecule has 0 spiro atoms. The first-order valence-corrected chi connectivity index (χ1v) is 12.7. The second-order valence-corrected chi connectivity index (χ2v) is 9.85. The highest BCUT2D eigenvalue weighted by atomic mass is 19.2. The number of anilines is 3. The van der Waals surface area contributed by atoms with Crippen LogP contribution in [0.5, 0.6) is 0 Å². The van der Waals surface area contributed by atoms with Gasteiger partial charge in [0.15, 0.2) is 17.5 Å². The number of hydrogen-bond donors (Lipinski definition) is 2. The Morgan fingerprint density at radius 3 is 2.25 bits per heavy atom. The number of benzene rings is 3. The summed E-state index contributed by atoms with van der Waals surface area (Å²) in [5.74, 6) is -5.77. The molecular formula is C29H27F4N5O2. The molecule has 0 aromatic heterocycles. The molecule has 2 amide bonds. The Morgan fingerprint density at radius 1 is 0.950 bits per heavy atom. The van der Waals surface area contributed by atoms with Crippen molar-refractivity contribution in [2.24, 2.45) is 0 Å². The second kappa shape index (κ2) is 11.1. The van der Waals surface area contributed by atoms with Crippen LogP contribution >= 0.6 is 0 Å². The van der Waals surface area contributed by atoms with E-state index >= 15 is 0 Å². The normalized spacial score (nSPS) is 16.9. The van der Waals surface area contributed by atoms with Crippen molar-refractivity contribution >= 4 is 40.1 Å².